The normalized spacial score (nSPS) is 16.5. The van der Waals surface area contributed by atoms with Gasteiger partial charge in [0.25, 0.3) is 0 Å². The highest BCUT2D eigenvalue weighted by atomic mass is 79.9. The number of carbonyl (C=O) groups is 1. The Kier molecular flexibility index (Phi) is 4.26. The third kappa shape index (κ3) is 3.32. The fourth-order valence-corrected chi connectivity index (χ4v) is 2.85. The van der Waals surface area contributed by atoms with Crippen molar-refractivity contribution in [2.45, 2.75) is 20.0 Å². The average molecular weight is 379 g/mol. The molecule has 120 valence electrons. The van der Waals surface area contributed by atoms with E-state index in [1.165, 1.54) is 12.1 Å². The summed E-state index contributed by atoms with van der Waals surface area (Å²) in [6, 6.07) is 9.81. The van der Waals surface area contributed by atoms with Crippen LogP contribution in [0.4, 0.5) is 20.6 Å². The predicted molar refractivity (Wildman–Crippen MR) is 91.7 cm³/mol. The van der Waals surface area contributed by atoms with Crippen LogP contribution in [0.1, 0.15) is 12.5 Å². The molecular weight excluding hydrogens is 363 g/mol. The smallest absolute Gasteiger partial charge is 0.326 e. The monoisotopic (exact) mass is 378 g/mol. The van der Waals surface area contributed by atoms with Gasteiger partial charge >= 0.3 is 6.03 Å². The van der Waals surface area contributed by atoms with Crippen molar-refractivity contribution in [3.8, 4) is 5.75 Å². The lowest BCUT2D eigenvalue weighted by molar-refractivity contribution is 0.208. The Balaban J connectivity index is 1.89. The number of halogens is 2. The molecule has 1 N–H and O–H groups in total. The molecule has 0 aliphatic carbocycles. The first-order valence-electron chi connectivity index (χ1n) is 7.25. The highest BCUT2D eigenvalue weighted by Crippen LogP contribution is 2.34. The lowest BCUT2D eigenvalue weighted by Gasteiger charge is -2.33. The van der Waals surface area contributed by atoms with Gasteiger partial charge in [-0.15, -0.1) is 0 Å². The maximum atomic E-state index is 13.9. The summed E-state index contributed by atoms with van der Waals surface area (Å²) in [7, 11) is 0. The first-order valence-corrected chi connectivity index (χ1v) is 8.04. The predicted octanol–water partition coefficient (Wildman–Crippen LogP) is 4.72. The minimum absolute atomic E-state index is 0.134. The van der Waals surface area contributed by atoms with Crippen LogP contribution in [0.15, 0.2) is 40.9 Å². The molecule has 2 aromatic carbocycles. The summed E-state index contributed by atoms with van der Waals surface area (Å²) in [6.45, 7) is 4.24. The topological polar surface area (TPSA) is 41.6 Å². The number of benzene rings is 2. The third-order valence-electron chi connectivity index (χ3n) is 3.59. The number of hydrogen-bond donors (Lipinski definition) is 1. The molecule has 0 aromatic heterocycles. The second kappa shape index (κ2) is 6.20. The number of amides is 2. The molecule has 0 fully saturated rings. The second-order valence-electron chi connectivity index (χ2n) is 5.56. The van der Waals surface area contributed by atoms with E-state index in [0.717, 1.165) is 5.56 Å². The minimum Gasteiger partial charge on any atom is -0.487 e. The molecule has 6 heteroatoms. The molecule has 0 spiro atoms. The molecule has 23 heavy (non-hydrogen) atoms. The number of anilines is 2. The second-order valence-corrected chi connectivity index (χ2v) is 6.48. The summed E-state index contributed by atoms with van der Waals surface area (Å²) in [5, 5.41) is 2.62. The van der Waals surface area contributed by atoms with Gasteiger partial charge in [0.1, 0.15) is 17.7 Å². The van der Waals surface area contributed by atoms with Crippen molar-refractivity contribution in [1.82, 2.24) is 0 Å². The zero-order chi connectivity index (χ0) is 16.6. The Labute approximate surface area is 142 Å². The fourth-order valence-electron chi connectivity index (χ4n) is 2.51. The molecule has 0 bridgehead atoms. The maximum absolute atomic E-state index is 13.9. The van der Waals surface area contributed by atoms with Crippen LogP contribution in [-0.4, -0.2) is 18.7 Å². The van der Waals surface area contributed by atoms with Crippen molar-refractivity contribution in [3.63, 3.8) is 0 Å². The lowest BCUT2D eigenvalue weighted by Crippen LogP contribution is -2.44. The van der Waals surface area contributed by atoms with Gasteiger partial charge in [-0.3, -0.25) is 4.90 Å². The summed E-state index contributed by atoms with van der Waals surface area (Å²) in [6.07, 6.45) is -0.134. The van der Waals surface area contributed by atoms with Gasteiger partial charge in [-0.05, 0) is 49.7 Å². The SMILES string of the molecule is Cc1ccc2c(c1)N(C(=O)Nc1ccc(Br)cc1F)CC(C)O2. The highest BCUT2D eigenvalue weighted by Gasteiger charge is 2.28. The average Bonchev–Trinajstić information content (AvgIpc) is 2.49. The van der Waals surface area contributed by atoms with E-state index in [1.54, 1.807) is 11.0 Å². The van der Waals surface area contributed by atoms with Crippen molar-refractivity contribution in [3.05, 3.63) is 52.3 Å². The Hall–Kier alpha value is -2.08. The Morgan fingerprint density at radius 3 is 2.87 bits per heavy atom. The van der Waals surface area contributed by atoms with Crippen molar-refractivity contribution >= 4 is 33.3 Å². The van der Waals surface area contributed by atoms with Gasteiger partial charge in [0, 0.05) is 4.47 Å². The number of rotatable bonds is 1. The van der Waals surface area contributed by atoms with E-state index in [4.69, 9.17) is 4.74 Å². The zero-order valence-corrected chi connectivity index (χ0v) is 14.4. The molecule has 1 unspecified atom stereocenters. The largest absolute Gasteiger partial charge is 0.487 e. The number of fused-ring (bicyclic) bond motifs is 1. The summed E-state index contributed by atoms with van der Waals surface area (Å²) < 4.78 is 20.3. The quantitative estimate of drug-likeness (QED) is 0.779. The van der Waals surface area contributed by atoms with E-state index in [-0.39, 0.29) is 17.8 Å². The first-order chi connectivity index (χ1) is 10.9. The number of nitrogens with zero attached hydrogens (tertiary/aromatic N) is 1. The molecule has 2 aromatic rings. The molecule has 0 saturated carbocycles. The van der Waals surface area contributed by atoms with Crippen LogP contribution in [-0.2, 0) is 0 Å². The van der Waals surface area contributed by atoms with Crippen molar-refractivity contribution in [1.29, 1.82) is 0 Å². The Morgan fingerprint density at radius 1 is 1.35 bits per heavy atom. The molecule has 0 saturated heterocycles. The van der Waals surface area contributed by atoms with Crippen LogP contribution in [0, 0.1) is 12.7 Å². The van der Waals surface area contributed by atoms with E-state index in [0.29, 0.717) is 22.5 Å². The van der Waals surface area contributed by atoms with Gasteiger partial charge in [-0.1, -0.05) is 22.0 Å². The number of aryl methyl sites for hydroxylation is 1. The number of hydrogen-bond acceptors (Lipinski definition) is 2. The van der Waals surface area contributed by atoms with E-state index >= 15 is 0 Å². The van der Waals surface area contributed by atoms with E-state index in [9.17, 15) is 9.18 Å². The van der Waals surface area contributed by atoms with Gasteiger partial charge in [-0.2, -0.15) is 0 Å². The first kappa shape index (κ1) is 15.8. The molecule has 3 rings (SSSR count). The molecule has 1 aliphatic rings. The van der Waals surface area contributed by atoms with E-state index in [1.807, 2.05) is 32.0 Å². The van der Waals surface area contributed by atoms with Gasteiger partial charge < -0.3 is 10.1 Å². The third-order valence-corrected chi connectivity index (χ3v) is 4.08. The highest BCUT2D eigenvalue weighted by molar-refractivity contribution is 9.10. The van der Waals surface area contributed by atoms with Crippen LogP contribution in [0.5, 0.6) is 5.75 Å². The molecule has 1 aliphatic heterocycles. The number of nitrogens with one attached hydrogen (secondary N) is 1. The molecule has 4 nitrogen and oxygen atoms in total. The molecular formula is C17H16BrFN2O2. The lowest BCUT2D eigenvalue weighted by atomic mass is 10.1. The maximum Gasteiger partial charge on any atom is 0.326 e. The summed E-state index contributed by atoms with van der Waals surface area (Å²) in [4.78, 5) is 14.2. The van der Waals surface area contributed by atoms with Crippen LogP contribution in [0.3, 0.4) is 0 Å². The van der Waals surface area contributed by atoms with Crippen LogP contribution >= 0.6 is 15.9 Å². The number of carbonyl (C=O) groups excluding carboxylic acids is 1. The summed E-state index contributed by atoms with van der Waals surface area (Å²) >= 11 is 3.20. The number of ether oxygens (including phenoxy) is 1. The molecule has 2 amide bonds. The van der Waals surface area contributed by atoms with E-state index < -0.39 is 5.82 Å². The molecule has 1 atom stereocenters. The number of urea groups is 1. The summed E-state index contributed by atoms with van der Waals surface area (Å²) in [5.74, 6) is 0.166. The van der Waals surface area contributed by atoms with Crippen LogP contribution < -0.4 is 15.0 Å². The zero-order valence-electron chi connectivity index (χ0n) is 12.8. The standard InChI is InChI=1S/C17H16BrFN2O2/c1-10-3-6-16-15(7-10)21(9-11(2)23-16)17(22)20-14-5-4-12(18)8-13(14)19/h3-8,11H,9H2,1-2H3,(H,20,22). The van der Waals surface area contributed by atoms with Gasteiger partial charge in [0.05, 0.1) is 17.9 Å². The van der Waals surface area contributed by atoms with Crippen molar-refractivity contribution in [2.24, 2.45) is 0 Å². The van der Waals surface area contributed by atoms with Gasteiger partial charge in [0.15, 0.2) is 0 Å². The van der Waals surface area contributed by atoms with E-state index in [2.05, 4.69) is 21.2 Å². The van der Waals surface area contributed by atoms with Crippen molar-refractivity contribution < 1.29 is 13.9 Å². The van der Waals surface area contributed by atoms with Gasteiger partial charge in [0.2, 0.25) is 0 Å². The Bertz CT molecular complexity index is 766. The summed E-state index contributed by atoms with van der Waals surface area (Å²) in [5.41, 5.74) is 1.86. The van der Waals surface area contributed by atoms with Crippen LogP contribution in [0.2, 0.25) is 0 Å². The van der Waals surface area contributed by atoms with Crippen molar-refractivity contribution in [2.75, 3.05) is 16.8 Å². The van der Waals surface area contributed by atoms with Crippen LogP contribution in [0.25, 0.3) is 0 Å². The van der Waals surface area contributed by atoms with Gasteiger partial charge in [-0.25, -0.2) is 9.18 Å². The Morgan fingerprint density at radius 2 is 2.13 bits per heavy atom. The minimum atomic E-state index is -0.488. The molecule has 0 radical (unpaired) electrons. The molecule has 1 heterocycles. The fraction of sp³-hybridized carbons (Fsp3) is 0.235.